The summed E-state index contributed by atoms with van der Waals surface area (Å²) >= 11 is 0. The van der Waals surface area contributed by atoms with Gasteiger partial charge in [0.05, 0.1) is 12.7 Å². The van der Waals surface area contributed by atoms with Gasteiger partial charge in [-0.1, -0.05) is 24.3 Å². The molecule has 0 radical (unpaired) electrons. The maximum absolute atomic E-state index is 13.3. The standard InChI is InChI=1S/C22H22FNO4/c1-14-7-8-19-17(13-27-20(19)9-14)11-21(25)28-15(2)22(26)24(3)12-16-5-4-6-18(23)10-16/h4-10,13,15H,11-12H2,1-3H3. The molecular weight excluding hydrogens is 361 g/mol. The van der Waals surface area contributed by atoms with E-state index in [-0.39, 0.29) is 24.7 Å². The lowest BCUT2D eigenvalue weighted by Gasteiger charge is -2.21. The molecule has 0 aliphatic rings. The number of hydrogen-bond acceptors (Lipinski definition) is 4. The maximum atomic E-state index is 13.3. The lowest BCUT2D eigenvalue weighted by molar-refractivity contribution is -0.158. The molecule has 0 saturated carbocycles. The number of amides is 1. The summed E-state index contributed by atoms with van der Waals surface area (Å²) in [4.78, 5) is 26.1. The van der Waals surface area contributed by atoms with E-state index in [1.54, 1.807) is 19.2 Å². The van der Waals surface area contributed by atoms with Crippen molar-refractivity contribution in [2.75, 3.05) is 7.05 Å². The number of benzene rings is 2. The maximum Gasteiger partial charge on any atom is 0.311 e. The van der Waals surface area contributed by atoms with Gasteiger partial charge >= 0.3 is 5.97 Å². The Morgan fingerprint density at radius 1 is 1.21 bits per heavy atom. The van der Waals surface area contributed by atoms with Crippen molar-refractivity contribution in [2.24, 2.45) is 0 Å². The minimum atomic E-state index is -0.938. The van der Waals surface area contributed by atoms with Crippen molar-refractivity contribution < 1.29 is 23.1 Å². The molecule has 0 saturated heterocycles. The van der Waals surface area contributed by atoms with E-state index in [9.17, 15) is 14.0 Å². The molecule has 6 heteroatoms. The molecule has 1 amide bonds. The van der Waals surface area contributed by atoms with Gasteiger partial charge in [-0.3, -0.25) is 9.59 Å². The fourth-order valence-corrected chi connectivity index (χ4v) is 3.07. The molecular formula is C22H22FNO4. The Bertz CT molecular complexity index is 1010. The quantitative estimate of drug-likeness (QED) is 0.604. The van der Waals surface area contributed by atoms with Gasteiger partial charge in [-0.15, -0.1) is 0 Å². The first-order chi connectivity index (χ1) is 13.3. The SMILES string of the molecule is Cc1ccc2c(CC(=O)OC(C)C(=O)N(C)Cc3cccc(F)c3)coc2c1. The van der Waals surface area contributed by atoms with Gasteiger partial charge in [0, 0.05) is 24.5 Å². The summed E-state index contributed by atoms with van der Waals surface area (Å²) in [5, 5.41) is 0.852. The Hall–Kier alpha value is -3.15. The summed E-state index contributed by atoms with van der Waals surface area (Å²) in [6.07, 6.45) is 0.612. The van der Waals surface area contributed by atoms with Gasteiger partial charge in [0.25, 0.3) is 5.91 Å². The van der Waals surface area contributed by atoms with E-state index in [0.717, 1.165) is 10.9 Å². The van der Waals surface area contributed by atoms with E-state index in [2.05, 4.69) is 0 Å². The van der Waals surface area contributed by atoms with Crippen LogP contribution in [0.3, 0.4) is 0 Å². The smallest absolute Gasteiger partial charge is 0.311 e. The highest BCUT2D eigenvalue weighted by molar-refractivity contribution is 5.88. The number of fused-ring (bicyclic) bond motifs is 1. The molecule has 28 heavy (non-hydrogen) atoms. The van der Waals surface area contributed by atoms with Gasteiger partial charge < -0.3 is 14.1 Å². The van der Waals surface area contributed by atoms with Crippen molar-refractivity contribution in [3.8, 4) is 0 Å². The van der Waals surface area contributed by atoms with E-state index in [4.69, 9.17) is 9.15 Å². The Balaban J connectivity index is 1.58. The number of likely N-dealkylation sites (N-methyl/N-ethyl adjacent to an activating group) is 1. The van der Waals surface area contributed by atoms with E-state index in [0.29, 0.717) is 16.7 Å². The van der Waals surface area contributed by atoms with Crippen molar-refractivity contribution >= 4 is 22.8 Å². The number of carbonyl (C=O) groups excluding carboxylic acids is 2. The molecule has 1 atom stereocenters. The highest BCUT2D eigenvalue weighted by Crippen LogP contribution is 2.23. The number of ether oxygens (including phenoxy) is 1. The first-order valence-electron chi connectivity index (χ1n) is 8.99. The normalized spacial score (nSPS) is 12.0. The monoisotopic (exact) mass is 383 g/mol. The summed E-state index contributed by atoms with van der Waals surface area (Å²) in [6.45, 7) is 3.72. The van der Waals surface area contributed by atoms with Crippen LogP contribution in [0.25, 0.3) is 11.0 Å². The molecule has 146 valence electrons. The number of carbonyl (C=O) groups is 2. The zero-order valence-electron chi connectivity index (χ0n) is 16.1. The molecule has 1 unspecified atom stereocenters. The van der Waals surface area contributed by atoms with Crippen molar-refractivity contribution in [1.29, 1.82) is 0 Å². The average molecular weight is 383 g/mol. The number of hydrogen-bond donors (Lipinski definition) is 0. The summed E-state index contributed by atoms with van der Waals surface area (Å²) in [6, 6.07) is 11.8. The number of aryl methyl sites for hydroxylation is 1. The molecule has 3 rings (SSSR count). The van der Waals surface area contributed by atoms with Crippen LogP contribution in [-0.2, 0) is 27.3 Å². The average Bonchev–Trinajstić information content (AvgIpc) is 3.02. The van der Waals surface area contributed by atoms with Gasteiger partial charge in [0.1, 0.15) is 11.4 Å². The van der Waals surface area contributed by atoms with E-state index >= 15 is 0 Å². The molecule has 0 aliphatic carbocycles. The molecule has 5 nitrogen and oxygen atoms in total. The van der Waals surface area contributed by atoms with Crippen LogP contribution >= 0.6 is 0 Å². The molecule has 0 bridgehead atoms. The third kappa shape index (κ3) is 4.57. The molecule has 1 aromatic heterocycles. The molecule has 0 spiro atoms. The highest BCUT2D eigenvalue weighted by Gasteiger charge is 2.22. The fraction of sp³-hybridized carbons (Fsp3) is 0.273. The van der Waals surface area contributed by atoms with Crippen LogP contribution < -0.4 is 0 Å². The van der Waals surface area contributed by atoms with Crippen LogP contribution in [0.4, 0.5) is 4.39 Å². The van der Waals surface area contributed by atoms with Gasteiger partial charge in [0.15, 0.2) is 6.10 Å². The van der Waals surface area contributed by atoms with E-state index in [1.165, 1.54) is 30.2 Å². The Kier molecular flexibility index (Phi) is 5.78. The van der Waals surface area contributed by atoms with Crippen LogP contribution in [0.5, 0.6) is 0 Å². The molecule has 0 fully saturated rings. The van der Waals surface area contributed by atoms with Crippen LogP contribution in [0.2, 0.25) is 0 Å². The Labute approximate surface area is 162 Å². The fourth-order valence-electron chi connectivity index (χ4n) is 3.07. The third-order valence-corrected chi connectivity index (χ3v) is 4.49. The highest BCUT2D eigenvalue weighted by atomic mass is 19.1. The molecule has 0 aliphatic heterocycles. The summed E-state index contributed by atoms with van der Waals surface area (Å²) < 4.78 is 24.1. The molecule has 0 N–H and O–H groups in total. The first kappa shape index (κ1) is 19.6. The minimum Gasteiger partial charge on any atom is -0.464 e. The molecule has 1 heterocycles. The molecule has 3 aromatic rings. The van der Waals surface area contributed by atoms with E-state index < -0.39 is 12.1 Å². The van der Waals surface area contributed by atoms with Crippen molar-refractivity contribution in [3.63, 3.8) is 0 Å². The van der Waals surface area contributed by atoms with Gasteiger partial charge in [-0.25, -0.2) is 4.39 Å². The zero-order valence-corrected chi connectivity index (χ0v) is 16.1. The predicted octanol–water partition coefficient (Wildman–Crippen LogP) is 4.01. The van der Waals surface area contributed by atoms with E-state index in [1.807, 2.05) is 25.1 Å². The number of furan rings is 1. The summed E-state index contributed by atoms with van der Waals surface area (Å²) in [7, 11) is 1.59. The van der Waals surface area contributed by atoms with Crippen LogP contribution in [0.1, 0.15) is 23.6 Å². The van der Waals surface area contributed by atoms with Crippen molar-refractivity contribution in [3.05, 3.63) is 71.2 Å². The second kappa shape index (κ2) is 8.25. The summed E-state index contributed by atoms with van der Waals surface area (Å²) in [5.74, 6) is -1.23. The zero-order chi connectivity index (χ0) is 20.3. The Morgan fingerprint density at radius 2 is 2.00 bits per heavy atom. The van der Waals surface area contributed by atoms with Crippen LogP contribution in [0, 0.1) is 12.7 Å². The van der Waals surface area contributed by atoms with Crippen LogP contribution in [-0.4, -0.2) is 29.9 Å². The largest absolute Gasteiger partial charge is 0.464 e. The minimum absolute atomic E-state index is 0.0152. The van der Waals surface area contributed by atoms with Crippen molar-refractivity contribution in [2.45, 2.75) is 32.9 Å². The lowest BCUT2D eigenvalue weighted by atomic mass is 10.1. The number of halogens is 1. The Morgan fingerprint density at radius 3 is 2.75 bits per heavy atom. The lowest BCUT2D eigenvalue weighted by Crippen LogP contribution is -2.37. The van der Waals surface area contributed by atoms with Crippen LogP contribution in [0.15, 0.2) is 53.1 Å². The number of rotatable bonds is 6. The van der Waals surface area contributed by atoms with Gasteiger partial charge in [-0.2, -0.15) is 0 Å². The topological polar surface area (TPSA) is 59.8 Å². The molecule has 2 aromatic carbocycles. The van der Waals surface area contributed by atoms with Crippen molar-refractivity contribution in [1.82, 2.24) is 4.90 Å². The first-order valence-corrected chi connectivity index (χ1v) is 8.99. The number of esters is 1. The third-order valence-electron chi connectivity index (χ3n) is 4.49. The van der Waals surface area contributed by atoms with Gasteiger partial charge in [0.2, 0.25) is 0 Å². The number of nitrogens with zero attached hydrogens (tertiary/aromatic N) is 1. The second-order valence-corrected chi connectivity index (χ2v) is 6.89. The second-order valence-electron chi connectivity index (χ2n) is 6.89. The van der Waals surface area contributed by atoms with Gasteiger partial charge in [-0.05, 0) is 43.2 Å². The summed E-state index contributed by atoms with van der Waals surface area (Å²) in [5.41, 5.74) is 3.15. The predicted molar refractivity (Wildman–Crippen MR) is 103 cm³/mol.